The normalized spacial score (nSPS) is 11.0. The molecule has 5 nitrogen and oxygen atoms in total. The molecule has 2 N–H and O–H groups in total. The predicted molar refractivity (Wildman–Crippen MR) is 92.2 cm³/mol. The molecule has 0 aliphatic rings. The number of carbonyl (C=O) groups excluding carboxylic acids is 1. The molecule has 6 heteroatoms. The summed E-state index contributed by atoms with van der Waals surface area (Å²) in [5.41, 5.74) is 0. The largest absolute Gasteiger partial charge is 1.00 e. The Morgan fingerprint density at radius 2 is 1.29 bits per heavy atom. The van der Waals surface area contributed by atoms with Gasteiger partial charge >= 0.3 is 35.5 Å². The van der Waals surface area contributed by atoms with Crippen molar-refractivity contribution in [3.05, 3.63) is 0 Å². The van der Waals surface area contributed by atoms with E-state index in [-0.39, 0.29) is 36.0 Å². The van der Waals surface area contributed by atoms with Gasteiger partial charge < -0.3 is 20.3 Å². The van der Waals surface area contributed by atoms with E-state index in [9.17, 15) is 14.7 Å². The maximum atomic E-state index is 10.5. The van der Waals surface area contributed by atoms with E-state index in [1.165, 1.54) is 64.7 Å². The van der Waals surface area contributed by atoms with Gasteiger partial charge in [0.1, 0.15) is 6.04 Å². The number of hydrogen-bond acceptors (Lipinski definition) is 4. The maximum Gasteiger partial charge on any atom is 1.00 e. The first-order chi connectivity index (χ1) is 11.0. The molecule has 0 amide bonds. The van der Waals surface area contributed by atoms with Gasteiger partial charge in [-0.1, -0.05) is 71.6 Å². The van der Waals surface area contributed by atoms with E-state index in [1.807, 2.05) is 0 Å². The number of unbranched alkanes of at least 4 members (excludes halogenated alkanes) is 9. The van der Waals surface area contributed by atoms with E-state index in [1.54, 1.807) is 6.92 Å². The number of aliphatic carboxylic acids is 2. The van der Waals surface area contributed by atoms with Gasteiger partial charge in [0.2, 0.25) is 0 Å². The van der Waals surface area contributed by atoms with E-state index in [4.69, 9.17) is 5.11 Å². The van der Waals surface area contributed by atoms with Crippen LogP contribution in [0, 0.1) is 0 Å². The van der Waals surface area contributed by atoms with Crippen LogP contribution in [-0.4, -0.2) is 29.6 Å². The second-order valence-electron chi connectivity index (χ2n) is 5.92. The first-order valence-electron chi connectivity index (χ1n) is 9.11. The number of carboxylic acids is 2. The van der Waals surface area contributed by atoms with Gasteiger partial charge in [-0.3, -0.25) is 4.79 Å². The number of carbonyl (C=O) groups is 2. The summed E-state index contributed by atoms with van der Waals surface area (Å²) in [4.78, 5) is 19.8. The first-order valence-corrected chi connectivity index (χ1v) is 9.11. The molecule has 0 rings (SSSR count). The molecule has 0 aromatic heterocycles. The predicted octanol–water partition coefficient (Wildman–Crippen LogP) is 0.120. The van der Waals surface area contributed by atoms with E-state index < -0.39 is 18.0 Å². The molecule has 0 bridgehead atoms. The van der Waals surface area contributed by atoms with Crippen molar-refractivity contribution < 1.29 is 49.4 Å². The quantitative estimate of drug-likeness (QED) is 0.342. The molecule has 0 spiro atoms. The van der Waals surface area contributed by atoms with Crippen LogP contribution in [0.2, 0.25) is 0 Å². The molecular weight excluding hydrogens is 317 g/mol. The van der Waals surface area contributed by atoms with Crippen molar-refractivity contribution in [1.82, 2.24) is 5.32 Å². The van der Waals surface area contributed by atoms with Gasteiger partial charge in [-0.15, -0.1) is 0 Å². The zero-order chi connectivity index (χ0) is 17.9. The van der Waals surface area contributed by atoms with E-state index >= 15 is 0 Å². The molecule has 0 aliphatic carbocycles. The van der Waals surface area contributed by atoms with Crippen molar-refractivity contribution in [2.45, 2.75) is 97.4 Å². The Kier molecular flexibility index (Phi) is 27.4. The van der Waals surface area contributed by atoms with Gasteiger partial charge in [0, 0.05) is 5.97 Å². The van der Waals surface area contributed by atoms with Crippen molar-refractivity contribution in [3.63, 3.8) is 0 Å². The fourth-order valence-electron chi connectivity index (χ4n) is 2.02. The van der Waals surface area contributed by atoms with Gasteiger partial charge in [0.05, 0.1) is 0 Å². The van der Waals surface area contributed by atoms with Crippen LogP contribution < -0.4 is 40.0 Å². The van der Waals surface area contributed by atoms with Gasteiger partial charge in [-0.05, 0) is 26.3 Å². The van der Waals surface area contributed by atoms with Gasteiger partial charge in [0.15, 0.2) is 0 Å². The fourth-order valence-corrected chi connectivity index (χ4v) is 2.02. The Morgan fingerprint density at radius 1 is 0.917 bits per heavy atom. The zero-order valence-corrected chi connectivity index (χ0v) is 18.2. The van der Waals surface area contributed by atoms with Crippen molar-refractivity contribution >= 4 is 11.9 Å². The molecule has 0 heterocycles. The Morgan fingerprint density at radius 3 is 1.62 bits per heavy atom. The molecule has 0 saturated heterocycles. The van der Waals surface area contributed by atoms with Gasteiger partial charge in [-0.25, -0.2) is 0 Å². The third kappa shape index (κ3) is 26.8. The van der Waals surface area contributed by atoms with Crippen LogP contribution in [-0.2, 0) is 9.59 Å². The van der Waals surface area contributed by atoms with Crippen LogP contribution in [0.5, 0.6) is 0 Å². The Labute approximate surface area is 170 Å². The number of hydrogen-bond donors (Lipinski definition) is 2. The zero-order valence-electron chi connectivity index (χ0n) is 16.2. The van der Waals surface area contributed by atoms with Crippen molar-refractivity contribution in [2.24, 2.45) is 0 Å². The van der Waals surface area contributed by atoms with E-state index in [0.717, 1.165) is 13.0 Å². The maximum absolute atomic E-state index is 10.5. The minimum Gasteiger partial charge on any atom is -0.550 e. The Balaban J connectivity index is -0.000000639. The summed E-state index contributed by atoms with van der Waals surface area (Å²) >= 11 is 0. The van der Waals surface area contributed by atoms with Crippen LogP contribution >= 0.6 is 0 Å². The Bertz CT molecular complexity index is 288. The summed E-state index contributed by atoms with van der Waals surface area (Å²) in [6.07, 6.45) is 13.3. The van der Waals surface area contributed by atoms with Crippen LogP contribution in [0.3, 0.4) is 0 Å². The molecule has 1 atom stereocenters. The topological polar surface area (TPSA) is 89.5 Å². The average molecular weight is 353 g/mol. The van der Waals surface area contributed by atoms with Gasteiger partial charge in [0.25, 0.3) is 0 Å². The van der Waals surface area contributed by atoms with E-state index in [0.29, 0.717) is 0 Å². The molecule has 138 valence electrons. The van der Waals surface area contributed by atoms with Crippen molar-refractivity contribution in [3.8, 4) is 0 Å². The third-order valence-electron chi connectivity index (χ3n) is 3.64. The summed E-state index contributed by atoms with van der Waals surface area (Å²) in [5.74, 6) is -1.76. The molecule has 0 fully saturated rings. The summed E-state index contributed by atoms with van der Waals surface area (Å²) in [7, 11) is 0. The number of rotatable bonds is 14. The van der Waals surface area contributed by atoms with Gasteiger partial charge in [-0.2, -0.15) is 0 Å². The molecular formula is C18H36NNaO4. The smallest absolute Gasteiger partial charge is 0.550 e. The molecule has 1 unspecified atom stereocenters. The molecule has 0 aromatic rings. The van der Waals surface area contributed by atoms with Crippen LogP contribution in [0.4, 0.5) is 0 Å². The fraction of sp³-hybridized carbons (Fsp3) is 0.889. The Hall–Kier alpha value is -0.100. The van der Waals surface area contributed by atoms with E-state index in [2.05, 4.69) is 12.2 Å². The second kappa shape index (κ2) is 22.9. The summed E-state index contributed by atoms with van der Waals surface area (Å²) in [6.45, 7) is 6.30. The van der Waals surface area contributed by atoms with Crippen LogP contribution in [0.15, 0.2) is 0 Å². The minimum absolute atomic E-state index is 0. The van der Waals surface area contributed by atoms with Crippen LogP contribution in [0.25, 0.3) is 0 Å². The summed E-state index contributed by atoms with van der Waals surface area (Å²) < 4.78 is 0. The minimum atomic E-state index is -0.995. The monoisotopic (exact) mass is 353 g/mol. The third-order valence-corrected chi connectivity index (χ3v) is 3.64. The summed E-state index contributed by atoms with van der Waals surface area (Å²) in [6, 6.07) is -0.413. The molecule has 24 heavy (non-hydrogen) atoms. The second-order valence-corrected chi connectivity index (χ2v) is 5.92. The van der Waals surface area contributed by atoms with Crippen molar-refractivity contribution in [2.75, 3.05) is 6.54 Å². The number of nitrogens with one attached hydrogen (secondary N) is 1. The molecule has 0 aliphatic heterocycles. The van der Waals surface area contributed by atoms with Crippen LogP contribution in [0.1, 0.15) is 91.4 Å². The molecule has 0 saturated carbocycles. The summed E-state index contributed by atoms with van der Waals surface area (Å²) in [5, 5.41) is 20.9. The molecule has 0 aromatic carbocycles. The standard InChI is InChI=1S/C15H31NO2.C3H6O2.Na/c1-3-4-5-6-7-8-9-10-11-12-13-16-14(2)15(17)18;1-2-3(4)5;/h14,16H,3-13H2,1-2H3,(H,17,18);2H2,1H3,(H,4,5);/q;;+1/p-1. The molecule has 0 radical (unpaired) electrons. The van der Waals surface area contributed by atoms with Crippen molar-refractivity contribution in [1.29, 1.82) is 0 Å². The average Bonchev–Trinajstić information content (AvgIpc) is 2.52. The first kappa shape index (κ1) is 28.7. The number of carboxylic acid groups (broad SMARTS) is 2. The SMILES string of the molecule is CCC(=O)[O-].CCCCCCCCCCCCNC(C)C(=O)O.[Na+].